The lowest BCUT2D eigenvalue weighted by molar-refractivity contribution is -0.124. The fraction of sp³-hybridized carbons (Fsp3) is 0.280. The number of benzene rings is 2. The van der Waals surface area contributed by atoms with Crippen LogP contribution in [0, 0.1) is 6.92 Å². The molecule has 0 spiro atoms. The van der Waals surface area contributed by atoms with Crippen molar-refractivity contribution in [1.29, 1.82) is 0 Å². The highest BCUT2D eigenvalue weighted by Crippen LogP contribution is 2.27. The lowest BCUT2D eigenvalue weighted by Gasteiger charge is -2.19. The molecule has 0 saturated heterocycles. The predicted octanol–water partition coefficient (Wildman–Crippen LogP) is 3.81. The molecule has 3 aromatic rings. The third kappa shape index (κ3) is 5.10. The van der Waals surface area contributed by atoms with Gasteiger partial charge in [-0.05, 0) is 49.0 Å². The Hall–Kier alpha value is -3.22. The van der Waals surface area contributed by atoms with Gasteiger partial charge in [0, 0.05) is 36.8 Å². The largest absolute Gasteiger partial charge is 0.356 e. The molecule has 2 N–H and O–H groups in total. The topological polar surface area (TPSA) is 78.6 Å². The third-order valence-electron chi connectivity index (χ3n) is 5.86. The highest BCUT2D eigenvalue weighted by atomic mass is 16.5. The normalized spacial score (nSPS) is 14.4. The number of aromatic nitrogens is 1. The minimum atomic E-state index is -0.528. The molecule has 1 amide bonds. The first-order chi connectivity index (χ1) is 15.1. The molecule has 1 aromatic heterocycles. The van der Waals surface area contributed by atoms with Crippen molar-refractivity contribution in [1.82, 2.24) is 15.5 Å². The third-order valence-corrected chi connectivity index (χ3v) is 5.86. The van der Waals surface area contributed by atoms with Gasteiger partial charge in [0.2, 0.25) is 0 Å². The first-order valence-electron chi connectivity index (χ1n) is 10.6. The predicted molar refractivity (Wildman–Crippen MR) is 120 cm³/mol. The number of aryl methyl sites for hydroxylation is 1. The maximum absolute atomic E-state index is 11.2. The molecule has 31 heavy (non-hydrogen) atoms. The maximum atomic E-state index is 11.2. The molecule has 0 radical (unpaired) electrons. The summed E-state index contributed by atoms with van der Waals surface area (Å²) in [6.45, 7) is 4.97. The van der Waals surface area contributed by atoms with E-state index in [0.29, 0.717) is 0 Å². The van der Waals surface area contributed by atoms with Gasteiger partial charge in [0.25, 0.3) is 5.91 Å². The molecule has 2 aromatic carbocycles. The van der Waals surface area contributed by atoms with Crippen LogP contribution in [0.5, 0.6) is 0 Å². The van der Waals surface area contributed by atoms with E-state index in [9.17, 15) is 4.79 Å². The van der Waals surface area contributed by atoms with Gasteiger partial charge in [0.05, 0.1) is 5.69 Å². The molecule has 0 bridgehead atoms. The van der Waals surface area contributed by atoms with Gasteiger partial charge in [0.15, 0.2) is 5.76 Å². The van der Waals surface area contributed by atoms with E-state index in [2.05, 4.69) is 34.3 Å². The second-order valence-corrected chi connectivity index (χ2v) is 7.87. The second kappa shape index (κ2) is 9.73. The Kier molecular flexibility index (Phi) is 6.60. The van der Waals surface area contributed by atoms with E-state index in [1.54, 1.807) is 11.6 Å². The van der Waals surface area contributed by atoms with Crippen molar-refractivity contribution < 1.29 is 14.5 Å². The van der Waals surface area contributed by atoms with E-state index in [0.717, 1.165) is 61.5 Å². The number of carbonyl (C=O) groups is 1. The van der Waals surface area contributed by atoms with E-state index in [-0.39, 0.29) is 0 Å². The first kappa shape index (κ1) is 21.0. The Labute approximate surface area is 182 Å². The monoisotopic (exact) mass is 417 g/mol. The summed E-state index contributed by atoms with van der Waals surface area (Å²) in [7, 11) is 0. The Morgan fingerprint density at radius 1 is 1.16 bits per heavy atom. The van der Waals surface area contributed by atoms with Crippen LogP contribution in [0.4, 0.5) is 0 Å². The number of amides is 1. The number of fused-ring (bicyclic) bond motifs is 1. The average Bonchev–Trinajstić information content (AvgIpc) is 3.05. The van der Waals surface area contributed by atoms with Gasteiger partial charge in [-0.15, -0.1) is 0 Å². The molecule has 0 fully saturated rings. The summed E-state index contributed by atoms with van der Waals surface area (Å²) in [4.78, 5) is 13.7. The summed E-state index contributed by atoms with van der Waals surface area (Å²) in [5.41, 5.74) is 8.46. The van der Waals surface area contributed by atoms with Crippen molar-refractivity contribution >= 4 is 12.0 Å². The van der Waals surface area contributed by atoms with Crippen molar-refractivity contribution in [3.05, 3.63) is 82.6 Å². The molecule has 0 saturated carbocycles. The highest BCUT2D eigenvalue weighted by molar-refractivity contribution is 5.90. The summed E-state index contributed by atoms with van der Waals surface area (Å²) in [6, 6.07) is 16.5. The van der Waals surface area contributed by atoms with Gasteiger partial charge in [-0.3, -0.25) is 10.0 Å². The second-order valence-electron chi connectivity index (χ2n) is 7.87. The Morgan fingerprint density at radius 2 is 1.94 bits per heavy atom. The van der Waals surface area contributed by atoms with Gasteiger partial charge in [0.1, 0.15) is 0 Å². The van der Waals surface area contributed by atoms with E-state index in [1.807, 2.05) is 31.2 Å². The molecule has 1 aliphatic heterocycles. The molecule has 160 valence electrons. The Morgan fingerprint density at radius 3 is 2.71 bits per heavy atom. The number of hydroxylamine groups is 1. The van der Waals surface area contributed by atoms with Gasteiger partial charge >= 0.3 is 0 Å². The van der Waals surface area contributed by atoms with Crippen molar-refractivity contribution in [3.8, 4) is 11.3 Å². The number of nitrogens with one attached hydrogen (secondary N) is 1. The summed E-state index contributed by atoms with van der Waals surface area (Å²) in [6.07, 6.45) is 5.92. The van der Waals surface area contributed by atoms with Crippen molar-refractivity contribution in [2.75, 3.05) is 19.6 Å². The molecule has 0 aliphatic carbocycles. The molecule has 2 heterocycles. The van der Waals surface area contributed by atoms with Crippen LogP contribution in [0.2, 0.25) is 0 Å². The lowest BCUT2D eigenvalue weighted by atomic mass is 10.00. The number of hydrogen-bond donors (Lipinski definition) is 2. The molecule has 1 aliphatic rings. The van der Waals surface area contributed by atoms with Crippen molar-refractivity contribution in [3.63, 3.8) is 0 Å². The SMILES string of the molecule is Cc1noc(-c2ccccc2)c1CCN1CCc2ccc(/C=C/C(=O)NO)cc2CC1. The van der Waals surface area contributed by atoms with Crippen LogP contribution in [0.3, 0.4) is 0 Å². The van der Waals surface area contributed by atoms with Crippen LogP contribution in [0.25, 0.3) is 17.4 Å². The molecule has 4 rings (SSSR count). The van der Waals surface area contributed by atoms with E-state index in [1.165, 1.54) is 22.8 Å². The number of rotatable bonds is 6. The van der Waals surface area contributed by atoms with Crippen LogP contribution < -0.4 is 5.48 Å². The minimum Gasteiger partial charge on any atom is -0.356 e. The highest BCUT2D eigenvalue weighted by Gasteiger charge is 2.18. The zero-order valence-corrected chi connectivity index (χ0v) is 17.7. The van der Waals surface area contributed by atoms with Gasteiger partial charge < -0.3 is 9.42 Å². The van der Waals surface area contributed by atoms with Gasteiger partial charge in [-0.25, -0.2) is 5.48 Å². The quantitative estimate of drug-likeness (QED) is 0.362. The summed E-state index contributed by atoms with van der Waals surface area (Å²) < 4.78 is 5.64. The molecule has 6 heteroatoms. The van der Waals surface area contributed by atoms with Crippen LogP contribution in [-0.2, 0) is 24.1 Å². The summed E-state index contributed by atoms with van der Waals surface area (Å²) in [5, 5.41) is 12.8. The number of hydrogen-bond acceptors (Lipinski definition) is 5. The van der Waals surface area contributed by atoms with Gasteiger partial charge in [-0.2, -0.15) is 0 Å². The van der Waals surface area contributed by atoms with Crippen LogP contribution in [0.15, 0.2) is 59.1 Å². The Balaban J connectivity index is 1.41. The van der Waals surface area contributed by atoms with Crippen molar-refractivity contribution in [2.45, 2.75) is 26.2 Å². The molecule has 0 unspecified atom stereocenters. The van der Waals surface area contributed by atoms with Crippen molar-refractivity contribution in [2.24, 2.45) is 0 Å². The summed E-state index contributed by atoms with van der Waals surface area (Å²) >= 11 is 0. The molecule has 6 nitrogen and oxygen atoms in total. The number of nitrogens with zero attached hydrogens (tertiary/aromatic N) is 2. The fourth-order valence-electron chi connectivity index (χ4n) is 4.10. The molecular formula is C25H27N3O3. The standard InChI is InChI=1S/C25H27N3O3/c1-18-23(25(31-27-18)21-5-3-2-4-6-21)13-16-28-14-11-20-9-7-19(8-10-24(29)26-30)17-22(20)12-15-28/h2-10,17,30H,11-16H2,1H3,(H,26,29)/b10-8+. The smallest absolute Gasteiger partial charge is 0.267 e. The maximum Gasteiger partial charge on any atom is 0.267 e. The fourth-order valence-corrected chi connectivity index (χ4v) is 4.10. The minimum absolute atomic E-state index is 0.528. The Bertz CT molecular complexity index is 1070. The zero-order valence-electron chi connectivity index (χ0n) is 17.7. The zero-order chi connectivity index (χ0) is 21.6. The van der Waals surface area contributed by atoms with E-state index < -0.39 is 5.91 Å². The molecule has 0 atom stereocenters. The van der Waals surface area contributed by atoms with Gasteiger partial charge in [-0.1, -0.05) is 53.7 Å². The number of carbonyl (C=O) groups excluding carboxylic acids is 1. The van der Waals surface area contributed by atoms with Crippen LogP contribution in [-0.4, -0.2) is 40.8 Å². The summed E-state index contributed by atoms with van der Waals surface area (Å²) in [5.74, 6) is 0.347. The van der Waals surface area contributed by atoms with E-state index >= 15 is 0 Å². The first-order valence-corrected chi connectivity index (χ1v) is 10.6. The molecular weight excluding hydrogens is 390 g/mol. The average molecular weight is 418 g/mol. The van der Waals surface area contributed by atoms with Crippen LogP contribution >= 0.6 is 0 Å². The lowest BCUT2D eigenvalue weighted by Crippen LogP contribution is -2.28. The van der Waals surface area contributed by atoms with E-state index in [4.69, 9.17) is 9.73 Å². The van der Waals surface area contributed by atoms with Crippen LogP contribution in [0.1, 0.15) is 27.9 Å².